The van der Waals surface area contributed by atoms with Crippen molar-refractivity contribution in [3.05, 3.63) is 26.9 Å². The monoisotopic (exact) mass is 401 g/mol. The van der Waals surface area contributed by atoms with E-state index in [-0.39, 0.29) is 0 Å². The molecule has 3 nitrogen and oxygen atoms in total. The normalized spacial score (nSPS) is 27.9. The Hall–Kier alpha value is 0.0300. The zero-order chi connectivity index (χ0) is 13.9. The predicted molar refractivity (Wildman–Crippen MR) is 88.7 cm³/mol. The van der Waals surface area contributed by atoms with Gasteiger partial charge in [0.05, 0.1) is 5.69 Å². The van der Waals surface area contributed by atoms with Crippen LogP contribution in [0, 0.1) is 5.92 Å². The highest BCUT2D eigenvalue weighted by molar-refractivity contribution is 9.11. The van der Waals surface area contributed by atoms with Crippen molar-refractivity contribution in [3.63, 3.8) is 0 Å². The number of hydrogen-bond acceptors (Lipinski definition) is 3. The third kappa shape index (κ3) is 3.62. The summed E-state index contributed by atoms with van der Waals surface area (Å²) in [6.07, 6.45) is 7.29. The molecule has 1 aromatic rings. The molecule has 0 spiro atoms. The number of aromatic nitrogens is 1. The molecule has 0 bridgehead atoms. The molecule has 2 unspecified atom stereocenters. The Bertz CT molecular complexity index is 460. The summed E-state index contributed by atoms with van der Waals surface area (Å²) in [5, 5.41) is 3.67. The van der Waals surface area contributed by atoms with Crippen LogP contribution in [0.5, 0.6) is 0 Å². The number of pyridine rings is 1. The van der Waals surface area contributed by atoms with E-state index in [9.17, 15) is 0 Å². The number of piperidine rings is 1. The summed E-state index contributed by atoms with van der Waals surface area (Å²) in [6, 6.07) is 2.83. The molecule has 3 rings (SSSR count). The van der Waals surface area contributed by atoms with Crippen LogP contribution in [0.4, 0.5) is 0 Å². The van der Waals surface area contributed by atoms with Gasteiger partial charge in [0, 0.05) is 34.3 Å². The van der Waals surface area contributed by atoms with E-state index in [0.29, 0.717) is 0 Å². The first-order chi connectivity index (χ1) is 9.72. The minimum atomic E-state index is 0.749. The molecule has 2 aliphatic rings. The summed E-state index contributed by atoms with van der Waals surface area (Å²) in [7, 11) is 0. The van der Waals surface area contributed by atoms with Gasteiger partial charge in [-0.25, -0.2) is 0 Å². The summed E-state index contributed by atoms with van der Waals surface area (Å²) < 4.78 is 2.13. The zero-order valence-corrected chi connectivity index (χ0v) is 14.8. The van der Waals surface area contributed by atoms with Gasteiger partial charge in [0.1, 0.15) is 0 Å². The highest BCUT2D eigenvalue weighted by Gasteiger charge is 2.29. The first-order valence-corrected chi connectivity index (χ1v) is 9.06. The summed E-state index contributed by atoms with van der Waals surface area (Å²) >= 11 is 7.09. The topological polar surface area (TPSA) is 28.2 Å². The summed E-state index contributed by atoms with van der Waals surface area (Å²) in [5.41, 5.74) is 1.15. The lowest BCUT2D eigenvalue weighted by atomic mass is 9.90. The molecule has 2 aliphatic heterocycles. The highest BCUT2D eigenvalue weighted by Crippen LogP contribution is 2.27. The van der Waals surface area contributed by atoms with Gasteiger partial charge in [0.15, 0.2) is 0 Å². The van der Waals surface area contributed by atoms with Crippen LogP contribution >= 0.6 is 31.9 Å². The van der Waals surface area contributed by atoms with Gasteiger partial charge in [-0.3, -0.25) is 9.88 Å². The maximum Gasteiger partial charge on any atom is 0.0686 e. The zero-order valence-electron chi connectivity index (χ0n) is 11.6. The first kappa shape index (κ1) is 14.9. The number of likely N-dealkylation sites (tertiary alicyclic amines) is 1. The van der Waals surface area contributed by atoms with Crippen molar-refractivity contribution in [3.8, 4) is 0 Å². The molecule has 2 atom stereocenters. The van der Waals surface area contributed by atoms with Crippen molar-refractivity contribution in [1.29, 1.82) is 0 Å². The number of halogens is 2. The van der Waals surface area contributed by atoms with Crippen molar-refractivity contribution >= 4 is 31.9 Å². The van der Waals surface area contributed by atoms with Crippen LogP contribution in [-0.2, 0) is 6.54 Å². The molecule has 5 heteroatoms. The molecule has 0 amide bonds. The minimum absolute atomic E-state index is 0.749. The molecule has 2 fully saturated rings. The van der Waals surface area contributed by atoms with Crippen LogP contribution in [0.25, 0.3) is 0 Å². The number of nitrogens with one attached hydrogen (secondary N) is 1. The fourth-order valence-electron chi connectivity index (χ4n) is 3.45. The quantitative estimate of drug-likeness (QED) is 0.837. The fraction of sp³-hybridized carbons (Fsp3) is 0.667. The van der Waals surface area contributed by atoms with E-state index in [4.69, 9.17) is 0 Å². The Morgan fingerprint density at radius 1 is 1.30 bits per heavy atom. The number of rotatable bonds is 3. The van der Waals surface area contributed by atoms with Crippen molar-refractivity contribution < 1.29 is 0 Å². The Balaban J connectivity index is 1.62. The second-order valence-corrected chi connectivity index (χ2v) is 7.69. The van der Waals surface area contributed by atoms with Crippen LogP contribution in [-0.4, -0.2) is 35.6 Å². The molecule has 0 radical (unpaired) electrons. The second kappa shape index (κ2) is 6.86. The number of hydrogen-bond donors (Lipinski definition) is 1. The SMILES string of the molecule is Brc1cnc(CN2CCCC(C3CCCN3)C2)c(Br)c1. The van der Waals surface area contributed by atoms with E-state index >= 15 is 0 Å². The van der Waals surface area contributed by atoms with Crippen LogP contribution < -0.4 is 5.32 Å². The van der Waals surface area contributed by atoms with E-state index in [0.717, 1.165) is 33.1 Å². The molecule has 110 valence electrons. The first-order valence-electron chi connectivity index (χ1n) is 7.48. The molecule has 1 N–H and O–H groups in total. The van der Waals surface area contributed by atoms with Gasteiger partial charge in [-0.15, -0.1) is 0 Å². The van der Waals surface area contributed by atoms with Crippen molar-refractivity contribution in [1.82, 2.24) is 15.2 Å². The largest absolute Gasteiger partial charge is 0.314 e. The lowest BCUT2D eigenvalue weighted by molar-refractivity contribution is 0.144. The summed E-state index contributed by atoms with van der Waals surface area (Å²) in [4.78, 5) is 7.11. The van der Waals surface area contributed by atoms with E-state index in [1.54, 1.807) is 0 Å². The van der Waals surface area contributed by atoms with Gasteiger partial charge in [0.25, 0.3) is 0 Å². The summed E-state index contributed by atoms with van der Waals surface area (Å²) in [5.74, 6) is 0.820. The molecule has 0 aromatic carbocycles. The maximum atomic E-state index is 4.54. The third-order valence-electron chi connectivity index (χ3n) is 4.47. The fourth-order valence-corrected chi connectivity index (χ4v) is 4.56. The van der Waals surface area contributed by atoms with Gasteiger partial charge >= 0.3 is 0 Å². The number of nitrogens with zero attached hydrogens (tertiary/aromatic N) is 2. The van der Waals surface area contributed by atoms with E-state index in [1.165, 1.54) is 45.3 Å². The van der Waals surface area contributed by atoms with Crippen molar-refractivity contribution in [2.75, 3.05) is 19.6 Å². The molecule has 20 heavy (non-hydrogen) atoms. The standard InChI is InChI=1S/C15H21Br2N3/c16-12-7-13(17)15(19-8-12)10-20-6-2-3-11(9-20)14-4-1-5-18-14/h7-8,11,14,18H,1-6,9-10H2. The van der Waals surface area contributed by atoms with Crippen LogP contribution in [0.3, 0.4) is 0 Å². The molecule has 1 aromatic heterocycles. The Morgan fingerprint density at radius 3 is 2.95 bits per heavy atom. The van der Waals surface area contributed by atoms with Crippen LogP contribution in [0.15, 0.2) is 21.2 Å². The van der Waals surface area contributed by atoms with Gasteiger partial charge in [-0.2, -0.15) is 0 Å². The molecule has 3 heterocycles. The Kier molecular flexibility index (Phi) is 5.13. The third-order valence-corrected chi connectivity index (χ3v) is 5.59. The lowest BCUT2D eigenvalue weighted by Gasteiger charge is -2.35. The molecular formula is C15H21Br2N3. The van der Waals surface area contributed by atoms with Gasteiger partial charge in [0.2, 0.25) is 0 Å². The summed E-state index contributed by atoms with van der Waals surface area (Å²) in [6.45, 7) is 4.58. The van der Waals surface area contributed by atoms with Gasteiger partial charge < -0.3 is 5.32 Å². The predicted octanol–water partition coefficient (Wildman–Crippen LogP) is 3.57. The molecule has 0 aliphatic carbocycles. The van der Waals surface area contributed by atoms with Crippen molar-refractivity contribution in [2.45, 2.75) is 38.3 Å². The average Bonchev–Trinajstić information content (AvgIpc) is 2.96. The van der Waals surface area contributed by atoms with E-state index in [1.807, 2.05) is 6.20 Å². The second-order valence-electron chi connectivity index (χ2n) is 5.92. The van der Waals surface area contributed by atoms with E-state index < -0.39 is 0 Å². The highest BCUT2D eigenvalue weighted by atomic mass is 79.9. The minimum Gasteiger partial charge on any atom is -0.314 e. The van der Waals surface area contributed by atoms with E-state index in [2.05, 4.69) is 53.1 Å². The Morgan fingerprint density at radius 2 is 2.20 bits per heavy atom. The van der Waals surface area contributed by atoms with Gasteiger partial charge in [-0.05, 0) is 82.6 Å². The Labute approximate surface area is 137 Å². The molecule has 0 saturated carbocycles. The smallest absolute Gasteiger partial charge is 0.0686 e. The molecular weight excluding hydrogens is 382 g/mol. The maximum absolute atomic E-state index is 4.54. The lowest BCUT2D eigenvalue weighted by Crippen LogP contribution is -2.43. The molecule has 2 saturated heterocycles. The van der Waals surface area contributed by atoms with Gasteiger partial charge in [-0.1, -0.05) is 0 Å². The van der Waals surface area contributed by atoms with Crippen LogP contribution in [0.2, 0.25) is 0 Å². The van der Waals surface area contributed by atoms with Crippen LogP contribution in [0.1, 0.15) is 31.4 Å². The van der Waals surface area contributed by atoms with Crippen molar-refractivity contribution in [2.24, 2.45) is 5.92 Å². The average molecular weight is 403 g/mol.